The van der Waals surface area contributed by atoms with Gasteiger partial charge in [-0.25, -0.2) is 9.97 Å². The second kappa shape index (κ2) is 4.64. The molecule has 18 heavy (non-hydrogen) atoms. The van der Waals surface area contributed by atoms with Crippen LogP contribution >= 0.6 is 34.3 Å². The molecule has 90 valence electrons. The lowest BCUT2D eigenvalue weighted by Gasteiger charge is -2.06. The lowest BCUT2D eigenvalue weighted by Crippen LogP contribution is -2.12. The van der Waals surface area contributed by atoms with Crippen molar-refractivity contribution in [2.75, 3.05) is 5.32 Å². The molecule has 0 aliphatic rings. The minimum absolute atomic E-state index is 0.279. The minimum atomic E-state index is -0.279. The van der Waals surface area contributed by atoms with E-state index in [1.807, 2.05) is 6.07 Å². The average Bonchev–Trinajstić information content (AvgIpc) is 3.02. The Balaban J connectivity index is 2.02. The third kappa shape index (κ3) is 1.98. The smallest absolute Gasteiger partial charge is 0.275 e. The van der Waals surface area contributed by atoms with Crippen molar-refractivity contribution >= 4 is 56.1 Å². The van der Waals surface area contributed by atoms with E-state index >= 15 is 0 Å². The number of hydrogen-bond donors (Lipinski definition) is 1. The van der Waals surface area contributed by atoms with E-state index in [9.17, 15) is 4.79 Å². The molecule has 1 N–H and O–H groups in total. The van der Waals surface area contributed by atoms with E-state index in [0.29, 0.717) is 21.9 Å². The van der Waals surface area contributed by atoms with E-state index in [4.69, 9.17) is 11.6 Å². The molecule has 0 radical (unpaired) electrons. The van der Waals surface area contributed by atoms with Gasteiger partial charge < -0.3 is 5.32 Å². The van der Waals surface area contributed by atoms with Gasteiger partial charge in [0.05, 0.1) is 26.4 Å². The van der Waals surface area contributed by atoms with Crippen LogP contribution in [0.3, 0.4) is 0 Å². The first kappa shape index (κ1) is 11.6. The second-order valence-electron chi connectivity index (χ2n) is 3.45. The quantitative estimate of drug-likeness (QED) is 0.785. The zero-order valence-electron chi connectivity index (χ0n) is 8.88. The van der Waals surface area contributed by atoms with Gasteiger partial charge in [-0.05, 0) is 12.1 Å². The summed E-state index contributed by atoms with van der Waals surface area (Å²) in [4.78, 5) is 20.1. The number of nitrogens with zero attached hydrogens (tertiary/aromatic N) is 2. The number of anilines is 1. The molecule has 3 aromatic rings. The highest BCUT2D eigenvalue weighted by Crippen LogP contribution is 2.32. The summed E-state index contributed by atoms with van der Waals surface area (Å²) in [5, 5.41) is 4.91. The summed E-state index contributed by atoms with van der Waals surface area (Å²) < 4.78 is 0.980. The van der Waals surface area contributed by atoms with Crippen molar-refractivity contribution in [2.24, 2.45) is 0 Å². The predicted octanol–water partition coefficient (Wildman–Crippen LogP) is 3.66. The van der Waals surface area contributed by atoms with Gasteiger partial charge in [-0.3, -0.25) is 4.79 Å². The fourth-order valence-electron chi connectivity index (χ4n) is 1.53. The van der Waals surface area contributed by atoms with Crippen LogP contribution in [0, 0.1) is 0 Å². The van der Waals surface area contributed by atoms with Crippen LogP contribution in [0.15, 0.2) is 28.5 Å². The molecule has 7 heteroatoms. The number of nitrogens with one attached hydrogen (secondary N) is 1. The van der Waals surface area contributed by atoms with Crippen molar-refractivity contribution in [3.05, 3.63) is 39.3 Å². The monoisotopic (exact) mass is 295 g/mol. The Kier molecular flexibility index (Phi) is 2.99. The zero-order valence-corrected chi connectivity index (χ0v) is 11.3. The lowest BCUT2D eigenvalue weighted by molar-refractivity contribution is 0.102. The van der Waals surface area contributed by atoms with Gasteiger partial charge in [-0.1, -0.05) is 11.6 Å². The Morgan fingerprint density at radius 2 is 2.17 bits per heavy atom. The topological polar surface area (TPSA) is 54.9 Å². The summed E-state index contributed by atoms with van der Waals surface area (Å²) in [6, 6.07) is 3.63. The highest BCUT2D eigenvalue weighted by molar-refractivity contribution is 7.16. The molecule has 0 spiro atoms. The Morgan fingerprint density at radius 3 is 2.94 bits per heavy atom. The van der Waals surface area contributed by atoms with Crippen LogP contribution in [0.25, 0.3) is 10.2 Å². The first-order valence-corrected chi connectivity index (χ1v) is 7.17. The maximum Gasteiger partial charge on any atom is 0.275 e. The van der Waals surface area contributed by atoms with Crippen LogP contribution in [-0.2, 0) is 0 Å². The molecule has 0 unspecified atom stereocenters. The molecule has 0 aliphatic heterocycles. The Labute approximate surface area is 115 Å². The van der Waals surface area contributed by atoms with E-state index in [2.05, 4.69) is 15.3 Å². The van der Waals surface area contributed by atoms with Gasteiger partial charge in [0.1, 0.15) is 11.2 Å². The van der Waals surface area contributed by atoms with Crippen molar-refractivity contribution in [1.82, 2.24) is 9.97 Å². The van der Waals surface area contributed by atoms with E-state index in [1.54, 1.807) is 22.5 Å². The number of carbonyl (C=O) groups excluding carboxylic acids is 1. The van der Waals surface area contributed by atoms with E-state index in [1.165, 1.54) is 22.7 Å². The molecule has 0 saturated carbocycles. The van der Waals surface area contributed by atoms with Crippen molar-refractivity contribution in [2.45, 2.75) is 0 Å². The Bertz CT molecular complexity index is 708. The van der Waals surface area contributed by atoms with Crippen LogP contribution < -0.4 is 5.32 Å². The Morgan fingerprint density at radius 1 is 1.28 bits per heavy atom. The largest absolute Gasteiger partial charge is 0.317 e. The van der Waals surface area contributed by atoms with E-state index < -0.39 is 0 Å². The first-order valence-electron chi connectivity index (χ1n) is 4.97. The molecular formula is C11H6ClN3OS2. The van der Waals surface area contributed by atoms with Crippen LogP contribution in [0.1, 0.15) is 10.5 Å². The first-order chi connectivity index (χ1) is 8.75. The fourth-order valence-corrected chi connectivity index (χ4v) is 2.94. The summed E-state index contributed by atoms with van der Waals surface area (Å²) in [5.74, 6) is -0.279. The third-order valence-corrected chi connectivity index (χ3v) is 4.05. The number of aromatic nitrogens is 2. The molecule has 0 saturated heterocycles. The van der Waals surface area contributed by atoms with Gasteiger partial charge >= 0.3 is 0 Å². The van der Waals surface area contributed by atoms with Crippen molar-refractivity contribution < 1.29 is 4.79 Å². The summed E-state index contributed by atoms with van der Waals surface area (Å²) in [7, 11) is 0. The highest BCUT2D eigenvalue weighted by Gasteiger charge is 2.14. The standard InChI is InChI=1S/C11H6ClN3OS2/c12-6-1-2-8-10(14-5-18-8)9(6)15-11(16)7-3-17-4-13-7/h1-5H,(H,15,16). The van der Waals surface area contributed by atoms with Crippen LogP contribution in [-0.4, -0.2) is 15.9 Å². The lowest BCUT2D eigenvalue weighted by atomic mass is 10.2. The summed E-state index contributed by atoms with van der Waals surface area (Å²) in [6.45, 7) is 0. The number of fused-ring (bicyclic) bond motifs is 1. The number of halogens is 1. The maximum absolute atomic E-state index is 11.9. The molecule has 4 nitrogen and oxygen atoms in total. The molecule has 1 aromatic carbocycles. The maximum atomic E-state index is 11.9. The van der Waals surface area contributed by atoms with Crippen molar-refractivity contribution in [3.63, 3.8) is 0 Å². The number of amides is 1. The molecule has 0 aliphatic carbocycles. The average molecular weight is 296 g/mol. The number of carbonyl (C=O) groups is 1. The fraction of sp³-hybridized carbons (Fsp3) is 0. The van der Waals surface area contributed by atoms with E-state index in [0.717, 1.165) is 4.70 Å². The Hall–Kier alpha value is -1.50. The predicted molar refractivity (Wildman–Crippen MR) is 74.7 cm³/mol. The van der Waals surface area contributed by atoms with Gasteiger partial charge in [0.25, 0.3) is 5.91 Å². The summed E-state index contributed by atoms with van der Waals surface area (Å²) in [5.41, 5.74) is 4.95. The number of benzene rings is 1. The van der Waals surface area contributed by atoms with Gasteiger partial charge in [0.2, 0.25) is 0 Å². The SMILES string of the molecule is O=C(Nc1c(Cl)ccc2scnc12)c1cscn1. The van der Waals surface area contributed by atoms with Crippen LogP contribution in [0.5, 0.6) is 0 Å². The molecule has 2 heterocycles. The third-order valence-electron chi connectivity index (χ3n) is 2.36. The highest BCUT2D eigenvalue weighted by atomic mass is 35.5. The zero-order chi connectivity index (χ0) is 12.5. The summed E-state index contributed by atoms with van der Waals surface area (Å²) in [6.07, 6.45) is 0. The molecule has 3 rings (SSSR count). The second-order valence-corrected chi connectivity index (χ2v) is 5.46. The van der Waals surface area contributed by atoms with Gasteiger partial charge in [-0.2, -0.15) is 0 Å². The molecule has 0 atom stereocenters. The summed E-state index contributed by atoms with van der Waals surface area (Å²) >= 11 is 8.97. The molecule has 2 aromatic heterocycles. The van der Waals surface area contributed by atoms with E-state index in [-0.39, 0.29) is 5.91 Å². The minimum Gasteiger partial charge on any atom is -0.317 e. The van der Waals surface area contributed by atoms with Crippen LogP contribution in [0.4, 0.5) is 5.69 Å². The number of rotatable bonds is 2. The molecule has 0 bridgehead atoms. The van der Waals surface area contributed by atoms with Gasteiger partial charge in [0.15, 0.2) is 0 Å². The number of thiazole rings is 2. The van der Waals surface area contributed by atoms with Gasteiger partial charge in [0, 0.05) is 5.38 Å². The van der Waals surface area contributed by atoms with Crippen LogP contribution in [0.2, 0.25) is 5.02 Å². The number of hydrogen-bond acceptors (Lipinski definition) is 5. The molecule has 0 fully saturated rings. The van der Waals surface area contributed by atoms with Crippen molar-refractivity contribution in [3.8, 4) is 0 Å². The van der Waals surface area contributed by atoms with Crippen molar-refractivity contribution in [1.29, 1.82) is 0 Å². The van der Waals surface area contributed by atoms with Gasteiger partial charge in [-0.15, -0.1) is 22.7 Å². The molecular weight excluding hydrogens is 290 g/mol. The normalized spacial score (nSPS) is 10.7. The molecule has 1 amide bonds.